The predicted molar refractivity (Wildman–Crippen MR) is 27.0 cm³/mol. The molecule has 0 aliphatic rings. The van der Waals surface area contributed by atoms with Crippen molar-refractivity contribution in [2.45, 2.75) is 0 Å². The first-order valence-corrected chi connectivity index (χ1v) is 2.41. The predicted octanol–water partition coefficient (Wildman–Crippen LogP) is 0.790. The summed E-state index contributed by atoms with van der Waals surface area (Å²) in [5.41, 5.74) is 0. The molecule has 44 valence electrons. The monoisotopic (exact) mass is 354 g/mol. The zero-order valence-corrected chi connectivity index (χ0v) is 7.56. The third-order valence-electron chi connectivity index (χ3n) is 0.335. The molecule has 0 fully saturated rings. The standard InChI is InChI=1S/C4HN2Se.Au/c1-5-4(3-7)6-2;/h3H;. The molecule has 0 aromatic carbocycles. The van der Waals surface area contributed by atoms with E-state index in [1.807, 2.05) is 0 Å². The van der Waals surface area contributed by atoms with Gasteiger partial charge in [-0.2, -0.15) is 0 Å². The van der Waals surface area contributed by atoms with Crippen molar-refractivity contribution in [3.63, 3.8) is 0 Å². The molecule has 0 saturated carbocycles. The van der Waals surface area contributed by atoms with E-state index in [2.05, 4.69) is 25.7 Å². The molecule has 2 nitrogen and oxygen atoms in total. The van der Waals surface area contributed by atoms with Crippen LogP contribution in [0.15, 0.2) is 10.8 Å². The van der Waals surface area contributed by atoms with E-state index in [9.17, 15) is 0 Å². The van der Waals surface area contributed by atoms with E-state index in [1.54, 1.807) is 0 Å². The Hall–Kier alpha value is -0.0203. The van der Waals surface area contributed by atoms with Crippen LogP contribution < -0.4 is 0 Å². The normalized spacial score (nSPS) is 4.75. The van der Waals surface area contributed by atoms with Gasteiger partial charge in [-0.1, -0.05) is 0 Å². The van der Waals surface area contributed by atoms with Crippen molar-refractivity contribution in [2.24, 2.45) is 0 Å². The van der Waals surface area contributed by atoms with Crippen LogP contribution in [0, 0.1) is 13.1 Å². The molecule has 0 amide bonds. The van der Waals surface area contributed by atoms with Crippen LogP contribution in [-0.4, -0.2) is 16.0 Å². The van der Waals surface area contributed by atoms with Crippen LogP contribution in [0.2, 0.25) is 0 Å². The first-order chi connectivity index (χ1) is 3.35. The average molecular weight is 353 g/mol. The van der Waals surface area contributed by atoms with Crippen molar-refractivity contribution in [1.29, 1.82) is 0 Å². The molecule has 0 unspecified atom stereocenters. The molecule has 0 aromatic rings. The Bertz CT molecular complexity index is 146. The summed E-state index contributed by atoms with van der Waals surface area (Å²) in [5.74, 6) is 0.0833. The fourth-order valence-corrected chi connectivity index (χ4v) is 0.299. The van der Waals surface area contributed by atoms with E-state index < -0.39 is 0 Å². The molecule has 0 spiro atoms. The molecule has 0 atom stereocenters. The van der Waals surface area contributed by atoms with Gasteiger partial charge in [0.15, 0.2) is 0 Å². The van der Waals surface area contributed by atoms with Gasteiger partial charge in [-0.05, 0) is 0 Å². The van der Waals surface area contributed by atoms with Crippen molar-refractivity contribution in [1.82, 2.24) is 0 Å². The summed E-state index contributed by atoms with van der Waals surface area (Å²) in [7, 11) is 0. The van der Waals surface area contributed by atoms with Crippen LogP contribution in [-0.2, 0) is 22.4 Å². The molecular formula is C4HAuN2Se. The van der Waals surface area contributed by atoms with Crippen LogP contribution in [0.1, 0.15) is 0 Å². The van der Waals surface area contributed by atoms with Crippen LogP contribution in [0.25, 0.3) is 9.69 Å². The van der Waals surface area contributed by atoms with Gasteiger partial charge >= 0.3 is 49.6 Å². The Morgan fingerprint density at radius 1 is 1.38 bits per heavy atom. The Morgan fingerprint density at radius 2 is 1.75 bits per heavy atom. The van der Waals surface area contributed by atoms with Gasteiger partial charge in [0.25, 0.3) is 0 Å². The maximum atomic E-state index is 6.28. The van der Waals surface area contributed by atoms with Gasteiger partial charge in [0.05, 0.1) is 0 Å². The second-order valence-corrected chi connectivity index (χ2v) is 1.19. The van der Waals surface area contributed by atoms with E-state index in [1.165, 1.54) is 4.97 Å². The summed E-state index contributed by atoms with van der Waals surface area (Å²) >= 11 is 2.46. The quantitative estimate of drug-likeness (QED) is 0.450. The van der Waals surface area contributed by atoms with Gasteiger partial charge in [0.2, 0.25) is 0 Å². The zero-order valence-electron chi connectivity index (χ0n) is 3.68. The molecular weight excluding hydrogens is 352 g/mol. The molecule has 0 aliphatic carbocycles. The van der Waals surface area contributed by atoms with Crippen molar-refractivity contribution in [2.75, 3.05) is 0 Å². The van der Waals surface area contributed by atoms with Crippen LogP contribution in [0.4, 0.5) is 0 Å². The Kier molecular flexibility index (Phi) is 9.49. The Morgan fingerprint density at radius 3 is 1.75 bits per heavy atom. The Balaban J connectivity index is 0. The second-order valence-electron chi connectivity index (χ2n) is 0.700. The minimum atomic E-state index is 0. The van der Waals surface area contributed by atoms with E-state index in [0.29, 0.717) is 0 Å². The van der Waals surface area contributed by atoms with E-state index in [-0.39, 0.29) is 28.2 Å². The molecule has 0 heterocycles. The SMILES string of the molecule is [Au].[C-]#[N+]C(=C[Se])[N+]#[C-]. The fraction of sp³-hybridized carbons (Fsp3) is 0. The van der Waals surface area contributed by atoms with Crippen LogP contribution in [0.3, 0.4) is 0 Å². The fourth-order valence-electron chi connectivity index (χ4n) is 0.0777. The van der Waals surface area contributed by atoms with Gasteiger partial charge in [-0.15, -0.1) is 0 Å². The number of rotatable bonds is 0. The molecule has 8 heavy (non-hydrogen) atoms. The molecule has 0 bridgehead atoms. The summed E-state index contributed by atoms with van der Waals surface area (Å²) in [4.78, 5) is 7.06. The van der Waals surface area contributed by atoms with E-state index in [4.69, 9.17) is 13.1 Å². The number of nitrogens with zero attached hydrogens (tertiary/aromatic N) is 2. The van der Waals surface area contributed by atoms with Crippen LogP contribution >= 0.6 is 0 Å². The first-order valence-electron chi connectivity index (χ1n) is 1.42. The van der Waals surface area contributed by atoms with E-state index in [0.717, 1.165) is 0 Å². The average Bonchev–Trinajstić information content (AvgIpc) is 1.72. The van der Waals surface area contributed by atoms with Crippen LogP contribution in [0.5, 0.6) is 0 Å². The first kappa shape index (κ1) is 10.9. The summed E-state index contributed by atoms with van der Waals surface area (Å²) in [6.45, 7) is 12.6. The third kappa shape index (κ3) is 4.15. The topological polar surface area (TPSA) is 8.72 Å². The molecule has 2 radical (unpaired) electrons. The van der Waals surface area contributed by atoms with Gasteiger partial charge in [-0.3, -0.25) is 0 Å². The molecule has 4 heteroatoms. The summed E-state index contributed by atoms with van der Waals surface area (Å²) < 4.78 is 0. The van der Waals surface area contributed by atoms with Crippen molar-refractivity contribution in [3.8, 4) is 0 Å². The van der Waals surface area contributed by atoms with Crippen molar-refractivity contribution < 1.29 is 22.4 Å². The molecule has 0 rings (SSSR count). The number of hydrogen-bond donors (Lipinski definition) is 0. The number of hydrogen-bond acceptors (Lipinski definition) is 0. The second kappa shape index (κ2) is 6.98. The third-order valence-corrected chi connectivity index (χ3v) is 0.777. The van der Waals surface area contributed by atoms with E-state index >= 15 is 0 Å². The Labute approximate surface area is 71.9 Å². The van der Waals surface area contributed by atoms with Gasteiger partial charge in [0.1, 0.15) is 0 Å². The molecule has 0 aromatic heterocycles. The summed E-state index contributed by atoms with van der Waals surface area (Å²) in [6.07, 6.45) is 0. The minimum absolute atomic E-state index is 0. The van der Waals surface area contributed by atoms with Crippen molar-refractivity contribution >= 4 is 16.0 Å². The summed E-state index contributed by atoms with van der Waals surface area (Å²) in [6, 6.07) is 0. The van der Waals surface area contributed by atoms with Gasteiger partial charge < -0.3 is 0 Å². The molecule has 0 saturated heterocycles. The zero-order chi connectivity index (χ0) is 5.70. The van der Waals surface area contributed by atoms with Crippen molar-refractivity contribution in [3.05, 3.63) is 33.6 Å². The molecule has 0 aliphatic heterocycles. The van der Waals surface area contributed by atoms with Gasteiger partial charge in [0, 0.05) is 22.4 Å². The molecule has 0 N–H and O–H groups in total. The summed E-state index contributed by atoms with van der Waals surface area (Å²) in [5, 5.41) is 0. The van der Waals surface area contributed by atoms with Gasteiger partial charge in [-0.25, -0.2) is 0 Å². The maximum absolute atomic E-state index is 6.28.